The molecule has 4 N–H and O–H groups in total. The molecule has 1 atom stereocenters. The Balaban J connectivity index is 4.11. The third-order valence-corrected chi connectivity index (χ3v) is 1.51. The maximum absolute atomic E-state index is 11.7. The zero-order valence-corrected chi connectivity index (χ0v) is 7.85. The van der Waals surface area contributed by atoms with E-state index in [0.29, 0.717) is 0 Å². The summed E-state index contributed by atoms with van der Waals surface area (Å²) in [5, 5.41) is 10.8. The molecule has 1 amide bonds. The average Bonchev–Trinajstić information content (AvgIpc) is 1.95. The van der Waals surface area contributed by atoms with E-state index in [9.17, 15) is 23.1 Å². The van der Waals surface area contributed by atoms with Crippen LogP contribution in [0.1, 0.15) is 13.8 Å². The third kappa shape index (κ3) is 5.03. The van der Waals surface area contributed by atoms with Crippen molar-refractivity contribution in [2.75, 3.05) is 6.54 Å². The van der Waals surface area contributed by atoms with Gasteiger partial charge in [0.15, 0.2) is 0 Å². The number of alkyl halides is 3. The summed E-state index contributed by atoms with van der Waals surface area (Å²) in [6.07, 6.45) is -4.48. The summed E-state index contributed by atoms with van der Waals surface area (Å²) in [5.41, 5.74) is 3.65. The molecule has 0 aromatic rings. The molecule has 0 aromatic heterocycles. The predicted octanol–water partition coefficient (Wildman–Crippen LogP) is -0.237. The van der Waals surface area contributed by atoms with Crippen molar-refractivity contribution in [2.24, 2.45) is 5.73 Å². The Bertz CT molecular complexity index is 210. The van der Waals surface area contributed by atoms with Crippen LogP contribution in [0.15, 0.2) is 0 Å². The van der Waals surface area contributed by atoms with Crippen molar-refractivity contribution in [1.29, 1.82) is 0 Å². The fourth-order valence-corrected chi connectivity index (χ4v) is 0.618. The topological polar surface area (TPSA) is 75.3 Å². The number of aliphatic hydroxyl groups is 1. The highest BCUT2D eigenvalue weighted by Crippen LogP contribution is 2.13. The highest BCUT2D eigenvalue weighted by Gasteiger charge is 2.33. The van der Waals surface area contributed by atoms with E-state index in [1.54, 1.807) is 5.32 Å². The number of hydrogen-bond donors (Lipinski definition) is 3. The molecule has 0 aliphatic heterocycles. The van der Waals surface area contributed by atoms with E-state index in [1.165, 1.54) is 13.8 Å². The molecule has 14 heavy (non-hydrogen) atoms. The van der Waals surface area contributed by atoms with Crippen molar-refractivity contribution < 1.29 is 23.1 Å². The van der Waals surface area contributed by atoms with Crippen molar-refractivity contribution in [2.45, 2.75) is 31.7 Å². The minimum atomic E-state index is -4.48. The predicted molar refractivity (Wildman–Crippen MR) is 43.3 cm³/mol. The maximum Gasteiger partial charge on any atom is 0.405 e. The largest absolute Gasteiger partial charge is 0.405 e. The van der Waals surface area contributed by atoms with Gasteiger partial charge in [-0.3, -0.25) is 4.79 Å². The van der Waals surface area contributed by atoms with Gasteiger partial charge in [-0.05, 0) is 13.8 Å². The SMILES string of the molecule is CC(C)(O)[C@@H](N)C(=O)NCC(F)(F)F. The first kappa shape index (κ1) is 13.2. The van der Waals surface area contributed by atoms with Crippen LogP contribution in [0.5, 0.6) is 0 Å². The van der Waals surface area contributed by atoms with Crippen LogP contribution < -0.4 is 11.1 Å². The molecule has 0 bridgehead atoms. The highest BCUT2D eigenvalue weighted by atomic mass is 19.4. The van der Waals surface area contributed by atoms with Crippen LogP contribution in [0.25, 0.3) is 0 Å². The Morgan fingerprint density at radius 2 is 1.93 bits per heavy atom. The van der Waals surface area contributed by atoms with Crippen molar-refractivity contribution in [1.82, 2.24) is 5.32 Å². The molecule has 0 rings (SSSR count). The second kappa shape index (κ2) is 4.14. The minimum Gasteiger partial charge on any atom is -0.388 e. The normalized spacial score (nSPS) is 15.1. The quantitative estimate of drug-likeness (QED) is 0.607. The van der Waals surface area contributed by atoms with E-state index in [2.05, 4.69) is 0 Å². The summed E-state index contributed by atoms with van der Waals surface area (Å²) in [6, 6.07) is -1.38. The maximum atomic E-state index is 11.7. The second-order valence-electron chi connectivity index (χ2n) is 3.46. The van der Waals surface area contributed by atoms with Gasteiger partial charge in [0.2, 0.25) is 5.91 Å². The lowest BCUT2D eigenvalue weighted by molar-refractivity contribution is -0.142. The summed E-state index contributed by atoms with van der Waals surface area (Å²) in [5.74, 6) is -1.03. The van der Waals surface area contributed by atoms with E-state index in [4.69, 9.17) is 5.73 Å². The number of rotatable bonds is 3. The Kier molecular flexibility index (Phi) is 3.90. The number of amides is 1. The monoisotopic (exact) mass is 214 g/mol. The van der Waals surface area contributed by atoms with Crippen LogP contribution in [-0.2, 0) is 4.79 Å². The molecule has 0 unspecified atom stereocenters. The molecule has 0 aliphatic carbocycles. The van der Waals surface area contributed by atoms with Gasteiger partial charge in [0.25, 0.3) is 0 Å². The van der Waals surface area contributed by atoms with Crippen molar-refractivity contribution in [3.05, 3.63) is 0 Å². The van der Waals surface area contributed by atoms with Crippen molar-refractivity contribution in [3.63, 3.8) is 0 Å². The molecular weight excluding hydrogens is 201 g/mol. The zero-order valence-electron chi connectivity index (χ0n) is 7.85. The van der Waals surface area contributed by atoms with Gasteiger partial charge in [-0.1, -0.05) is 0 Å². The van der Waals surface area contributed by atoms with Gasteiger partial charge in [0.05, 0.1) is 5.60 Å². The number of nitrogens with two attached hydrogens (primary N) is 1. The van der Waals surface area contributed by atoms with Crippen molar-refractivity contribution >= 4 is 5.91 Å². The summed E-state index contributed by atoms with van der Waals surface area (Å²) >= 11 is 0. The first-order valence-corrected chi connectivity index (χ1v) is 3.86. The van der Waals surface area contributed by atoms with Gasteiger partial charge in [-0.25, -0.2) is 0 Å². The third-order valence-electron chi connectivity index (χ3n) is 1.51. The summed E-state index contributed by atoms with van der Waals surface area (Å²) < 4.78 is 35.0. The van der Waals surface area contributed by atoms with Crippen LogP contribution in [0.4, 0.5) is 13.2 Å². The number of carbonyl (C=O) groups excluding carboxylic acids is 1. The van der Waals surface area contributed by atoms with Gasteiger partial charge in [0.1, 0.15) is 12.6 Å². The molecule has 0 fully saturated rings. The van der Waals surface area contributed by atoms with Gasteiger partial charge >= 0.3 is 6.18 Å². The average molecular weight is 214 g/mol. The molecule has 0 spiro atoms. The fourth-order valence-electron chi connectivity index (χ4n) is 0.618. The highest BCUT2D eigenvalue weighted by molar-refractivity contribution is 5.82. The van der Waals surface area contributed by atoms with E-state index in [-0.39, 0.29) is 0 Å². The lowest BCUT2D eigenvalue weighted by atomic mass is 9.99. The molecule has 84 valence electrons. The van der Waals surface area contributed by atoms with Crippen molar-refractivity contribution in [3.8, 4) is 0 Å². The molecule has 0 saturated heterocycles. The van der Waals surface area contributed by atoms with Crippen LogP contribution in [0.2, 0.25) is 0 Å². The molecule has 0 heterocycles. The van der Waals surface area contributed by atoms with Gasteiger partial charge in [0, 0.05) is 0 Å². The molecule has 0 aromatic carbocycles. The van der Waals surface area contributed by atoms with E-state index in [1.807, 2.05) is 0 Å². The molecular formula is C7H13F3N2O2. The molecule has 7 heteroatoms. The summed E-state index contributed by atoms with van der Waals surface area (Å²) in [7, 11) is 0. The summed E-state index contributed by atoms with van der Waals surface area (Å²) in [4.78, 5) is 10.9. The van der Waals surface area contributed by atoms with Crippen LogP contribution in [0, 0.1) is 0 Å². The Morgan fingerprint density at radius 1 is 1.50 bits per heavy atom. The Morgan fingerprint density at radius 3 is 2.21 bits per heavy atom. The number of nitrogens with one attached hydrogen (secondary N) is 1. The molecule has 0 radical (unpaired) electrons. The lowest BCUT2D eigenvalue weighted by Crippen LogP contribution is -2.54. The standard InChI is InChI=1S/C7H13F3N2O2/c1-6(2,14)4(11)5(13)12-3-7(8,9)10/h4,14H,3,11H2,1-2H3,(H,12,13)/t4-/m0/s1. The zero-order chi connectivity index (χ0) is 11.6. The van der Waals surface area contributed by atoms with Gasteiger partial charge < -0.3 is 16.2 Å². The van der Waals surface area contributed by atoms with Gasteiger partial charge in [-0.2, -0.15) is 13.2 Å². The summed E-state index contributed by atoms with van der Waals surface area (Å²) in [6.45, 7) is 1.03. The fraction of sp³-hybridized carbons (Fsp3) is 0.857. The molecule has 0 aliphatic rings. The van der Waals surface area contributed by atoms with Crippen LogP contribution >= 0.6 is 0 Å². The number of hydrogen-bond acceptors (Lipinski definition) is 3. The molecule has 0 saturated carbocycles. The Hall–Kier alpha value is -0.820. The van der Waals surface area contributed by atoms with E-state index >= 15 is 0 Å². The van der Waals surface area contributed by atoms with Gasteiger partial charge in [-0.15, -0.1) is 0 Å². The van der Waals surface area contributed by atoms with Crippen LogP contribution in [0.3, 0.4) is 0 Å². The first-order chi connectivity index (χ1) is 6.04. The van der Waals surface area contributed by atoms with Crippen LogP contribution in [-0.4, -0.2) is 35.4 Å². The minimum absolute atomic E-state index is 1.03. The Labute approximate surface area is 79.3 Å². The second-order valence-corrected chi connectivity index (χ2v) is 3.46. The molecule has 4 nitrogen and oxygen atoms in total. The number of carbonyl (C=O) groups is 1. The lowest BCUT2D eigenvalue weighted by Gasteiger charge is -2.24. The van der Waals surface area contributed by atoms with E-state index in [0.717, 1.165) is 0 Å². The smallest absolute Gasteiger partial charge is 0.388 e. The number of halogens is 3. The van der Waals surface area contributed by atoms with E-state index < -0.39 is 30.3 Å². The first-order valence-electron chi connectivity index (χ1n) is 3.86.